The van der Waals surface area contributed by atoms with Gasteiger partial charge in [0.05, 0.1) is 11.4 Å². The molecule has 0 radical (unpaired) electrons. The third-order valence-corrected chi connectivity index (χ3v) is 2.60. The molecule has 0 aliphatic rings. The van der Waals surface area contributed by atoms with Crippen LogP contribution in [0.2, 0.25) is 0 Å². The van der Waals surface area contributed by atoms with Crippen molar-refractivity contribution < 1.29 is 9.50 Å². The van der Waals surface area contributed by atoms with Crippen LogP contribution in [0.3, 0.4) is 0 Å². The number of aliphatic hydroxyl groups is 1. The van der Waals surface area contributed by atoms with Crippen LogP contribution in [0.1, 0.15) is 20.3 Å². The van der Waals surface area contributed by atoms with E-state index in [1.165, 1.54) is 18.2 Å². The Morgan fingerprint density at radius 3 is 2.69 bits per heavy atom. The Labute approximate surface area is 95.5 Å². The number of halogens is 1. The molecule has 0 amide bonds. The lowest BCUT2D eigenvalue weighted by Crippen LogP contribution is -2.27. The van der Waals surface area contributed by atoms with Gasteiger partial charge in [-0.1, -0.05) is 13.8 Å². The molecule has 0 aromatic heterocycles. The van der Waals surface area contributed by atoms with E-state index in [9.17, 15) is 4.39 Å². The fourth-order valence-corrected chi connectivity index (χ4v) is 1.56. The number of benzene rings is 1. The minimum Gasteiger partial charge on any atom is -0.397 e. The first kappa shape index (κ1) is 12.8. The van der Waals surface area contributed by atoms with E-state index in [2.05, 4.69) is 5.32 Å². The summed E-state index contributed by atoms with van der Waals surface area (Å²) in [5.41, 5.74) is 6.85. The van der Waals surface area contributed by atoms with Crippen LogP contribution in [-0.4, -0.2) is 17.8 Å². The van der Waals surface area contributed by atoms with Gasteiger partial charge in [0.1, 0.15) is 5.82 Å². The fourth-order valence-electron chi connectivity index (χ4n) is 1.56. The summed E-state index contributed by atoms with van der Waals surface area (Å²) in [4.78, 5) is 0. The molecule has 3 nitrogen and oxygen atoms in total. The van der Waals surface area contributed by atoms with Crippen molar-refractivity contribution in [3.63, 3.8) is 0 Å². The summed E-state index contributed by atoms with van der Waals surface area (Å²) in [5, 5.41) is 12.1. The van der Waals surface area contributed by atoms with Crippen LogP contribution >= 0.6 is 0 Å². The molecule has 90 valence electrons. The van der Waals surface area contributed by atoms with E-state index < -0.39 is 0 Å². The van der Waals surface area contributed by atoms with Crippen molar-refractivity contribution >= 4 is 11.4 Å². The average molecular weight is 226 g/mol. The SMILES string of the molecule is CC(C)C(CCO)Nc1cc(F)ccc1N. The van der Waals surface area contributed by atoms with Crippen LogP contribution in [0.15, 0.2) is 18.2 Å². The van der Waals surface area contributed by atoms with Gasteiger partial charge in [0.25, 0.3) is 0 Å². The van der Waals surface area contributed by atoms with Crippen LogP contribution < -0.4 is 11.1 Å². The molecule has 0 saturated carbocycles. The standard InChI is InChI=1S/C12H19FN2O/c1-8(2)11(5-6-16)15-12-7-9(13)3-4-10(12)14/h3-4,7-8,11,15-16H,5-6,14H2,1-2H3. The van der Waals surface area contributed by atoms with Gasteiger partial charge in [0, 0.05) is 12.6 Å². The van der Waals surface area contributed by atoms with Gasteiger partial charge in [0.15, 0.2) is 0 Å². The second-order valence-corrected chi connectivity index (χ2v) is 4.24. The van der Waals surface area contributed by atoms with Gasteiger partial charge >= 0.3 is 0 Å². The Balaban J connectivity index is 2.80. The van der Waals surface area contributed by atoms with Gasteiger partial charge in [-0.05, 0) is 30.5 Å². The molecule has 1 unspecified atom stereocenters. The first-order valence-corrected chi connectivity index (χ1v) is 5.47. The second kappa shape index (κ2) is 5.70. The molecule has 1 atom stereocenters. The highest BCUT2D eigenvalue weighted by molar-refractivity contribution is 5.66. The van der Waals surface area contributed by atoms with Crippen LogP contribution in [0.25, 0.3) is 0 Å². The summed E-state index contributed by atoms with van der Waals surface area (Å²) in [6.07, 6.45) is 0.619. The third-order valence-electron chi connectivity index (χ3n) is 2.60. The minimum absolute atomic E-state index is 0.0918. The summed E-state index contributed by atoms with van der Waals surface area (Å²) in [7, 11) is 0. The number of hydrogen-bond donors (Lipinski definition) is 3. The molecular weight excluding hydrogens is 207 g/mol. The predicted molar refractivity (Wildman–Crippen MR) is 64.8 cm³/mol. The van der Waals surface area contributed by atoms with E-state index in [4.69, 9.17) is 10.8 Å². The Morgan fingerprint density at radius 2 is 2.12 bits per heavy atom. The monoisotopic (exact) mass is 226 g/mol. The molecule has 1 aromatic carbocycles. The van der Waals surface area contributed by atoms with Crippen molar-refractivity contribution in [1.82, 2.24) is 0 Å². The Hall–Kier alpha value is -1.29. The molecular formula is C12H19FN2O. The number of hydrogen-bond acceptors (Lipinski definition) is 3. The highest BCUT2D eigenvalue weighted by atomic mass is 19.1. The molecule has 4 heteroatoms. The summed E-state index contributed by atoms with van der Waals surface area (Å²) in [5.74, 6) is 0.0259. The van der Waals surface area contributed by atoms with Crippen LogP contribution in [0.5, 0.6) is 0 Å². The molecule has 0 fully saturated rings. The maximum Gasteiger partial charge on any atom is 0.125 e. The highest BCUT2D eigenvalue weighted by Crippen LogP contribution is 2.22. The van der Waals surface area contributed by atoms with Crippen molar-refractivity contribution in [2.75, 3.05) is 17.7 Å². The summed E-state index contributed by atoms with van der Waals surface area (Å²) in [6.45, 7) is 4.19. The van der Waals surface area contributed by atoms with Crippen molar-refractivity contribution in [3.05, 3.63) is 24.0 Å². The summed E-state index contributed by atoms with van der Waals surface area (Å²) >= 11 is 0. The Morgan fingerprint density at radius 1 is 1.44 bits per heavy atom. The molecule has 1 aromatic rings. The second-order valence-electron chi connectivity index (χ2n) is 4.24. The maximum absolute atomic E-state index is 13.0. The zero-order valence-corrected chi connectivity index (χ0v) is 9.70. The molecule has 0 bridgehead atoms. The molecule has 0 saturated heterocycles. The zero-order valence-electron chi connectivity index (χ0n) is 9.70. The summed E-state index contributed by atoms with van der Waals surface area (Å²) in [6, 6.07) is 4.33. The molecule has 0 heterocycles. The fraction of sp³-hybridized carbons (Fsp3) is 0.500. The highest BCUT2D eigenvalue weighted by Gasteiger charge is 2.13. The number of nitrogens with one attached hydrogen (secondary N) is 1. The number of nitrogen functional groups attached to an aromatic ring is 1. The van der Waals surface area contributed by atoms with Gasteiger partial charge in [0.2, 0.25) is 0 Å². The smallest absolute Gasteiger partial charge is 0.125 e. The lowest BCUT2D eigenvalue weighted by molar-refractivity contribution is 0.267. The van der Waals surface area contributed by atoms with E-state index in [-0.39, 0.29) is 18.5 Å². The largest absolute Gasteiger partial charge is 0.397 e. The molecule has 4 N–H and O–H groups in total. The van der Waals surface area contributed by atoms with Gasteiger partial charge in [-0.3, -0.25) is 0 Å². The van der Waals surface area contributed by atoms with Gasteiger partial charge < -0.3 is 16.2 Å². The maximum atomic E-state index is 13.0. The van der Waals surface area contributed by atoms with Gasteiger partial charge in [-0.15, -0.1) is 0 Å². The van der Waals surface area contributed by atoms with Gasteiger partial charge in [-0.2, -0.15) is 0 Å². The molecule has 0 aliphatic carbocycles. The zero-order chi connectivity index (χ0) is 12.1. The number of anilines is 2. The molecule has 1 rings (SSSR count). The quantitative estimate of drug-likeness (QED) is 0.675. The van der Waals surface area contributed by atoms with Crippen molar-refractivity contribution in [2.45, 2.75) is 26.3 Å². The van der Waals surface area contributed by atoms with E-state index in [0.717, 1.165) is 0 Å². The topological polar surface area (TPSA) is 58.3 Å². The van der Waals surface area contributed by atoms with Crippen molar-refractivity contribution in [2.24, 2.45) is 5.92 Å². The van der Waals surface area contributed by atoms with Crippen molar-refractivity contribution in [3.8, 4) is 0 Å². The molecule has 0 aliphatic heterocycles. The van der Waals surface area contributed by atoms with E-state index >= 15 is 0 Å². The lowest BCUT2D eigenvalue weighted by Gasteiger charge is -2.23. The first-order valence-electron chi connectivity index (χ1n) is 5.47. The number of rotatable bonds is 5. The average Bonchev–Trinajstić information content (AvgIpc) is 2.22. The van der Waals surface area contributed by atoms with E-state index in [0.29, 0.717) is 23.7 Å². The molecule has 16 heavy (non-hydrogen) atoms. The van der Waals surface area contributed by atoms with Crippen LogP contribution in [-0.2, 0) is 0 Å². The van der Waals surface area contributed by atoms with Crippen LogP contribution in [0, 0.1) is 11.7 Å². The minimum atomic E-state index is -0.316. The summed E-state index contributed by atoms with van der Waals surface area (Å²) < 4.78 is 13.0. The molecule has 0 spiro atoms. The first-order chi connectivity index (χ1) is 7.54. The number of aliphatic hydroxyl groups excluding tert-OH is 1. The third kappa shape index (κ3) is 3.38. The predicted octanol–water partition coefficient (Wildman–Crippen LogP) is 2.23. The Bertz CT molecular complexity index is 342. The Kier molecular flexibility index (Phi) is 4.55. The lowest BCUT2D eigenvalue weighted by atomic mass is 10.0. The normalized spacial score (nSPS) is 12.8. The van der Waals surface area contributed by atoms with Crippen LogP contribution in [0.4, 0.5) is 15.8 Å². The van der Waals surface area contributed by atoms with Gasteiger partial charge in [-0.25, -0.2) is 4.39 Å². The van der Waals surface area contributed by atoms with Crippen molar-refractivity contribution in [1.29, 1.82) is 0 Å². The number of nitrogens with two attached hydrogens (primary N) is 1. The van der Waals surface area contributed by atoms with E-state index in [1.807, 2.05) is 13.8 Å². The van der Waals surface area contributed by atoms with E-state index in [1.54, 1.807) is 0 Å².